The van der Waals surface area contributed by atoms with Gasteiger partial charge in [0, 0.05) is 31.9 Å². The lowest BCUT2D eigenvalue weighted by Gasteiger charge is -2.22. The summed E-state index contributed by atoms with van der Waals surface area (Å²) in [7, 11) is 1.99. The molecular formula is C23H29N5O. The largest absolute Gasteiger partial charge is 0.386 e. The summed E-state index contributed by atoms with van der Waals surface area (Å²) in [6.07, 6.45) is 3.27. The van der Waals surface area contributed by atoms with Crippen LogP contribution >= 0.6 is 0 Å². The molecule has 3 aromatic rings. The van der Waals surface area contributed by atoms with E-state index in [4.69, 9.17) is 0 Å². The first kappa shape index (κ1) is 20.6. The predicted molar refractivity (Wildman–Crippen MR) is 117 cm³/mol. The molecular weight excluding hydrogens is 362 g/mol. The molecule has 1 aromatic heterocycles. The average Bonchev–Trinajstić information content (AvgIpc) is 3.20. The van der Waals surface area contributed by atoms with Crippen molar-refractivity contribution >= 4 is 5.96 Å². The molecule has 1 heterocycles. The molecule has 0 amide bonds. The van der Waals surface area contributed by atoms with Gasteiger partial charge in [-0.25, -0.2) is 4.68 Å². The molecule has 6 nitrogen and oxygen atoms in total. The van der Waals surface area contributed by atoms with Crippen LogP contribution in [0.3, 0.4) is 0 Å². The van der Waals surface area contributed by atoms with E-state index in [0.29, 0.717) is 13.1 Å². The minimum absolute atomic E-state index is 0.305. The minimum atomic E-state index is -0.626. The molecule has 0 aliphatic carbocycles. The Hall–Kier alpha value is -3.12. The molecule has 1 unspecified atom stereocenters. The van der Waals surface area contributed by atoms with E-state index in [9.17, 15) is 5.11 Å². The van der Waals surface area contributed by atoms with Crippen molar-refractivity contribution in [1.29, 1.82) is 0 Å². The molecule has 152 valence electrons. The summed E-state index contributed by atoms with van der Waals surface area (Å²) in [5.74, 6) is 0.756. The predicted octanol–water partition coefficient (Wildman–Crippen LogP) is 3.31. The lowest BCUT2D eigenvalue weighted by atomic mass is 10.1. The Morgan fingerprint density at radius 2 is 1.90 bits per heavy atom. The maximum Gasteiger partial charge on any atom is 0.194 e. The third-order valence-electron chi connectivity index (χ3n) is 4.65. The highest BCUT2D eigenvalue weighted by Gasteiger charge is 2.11. The van der Waals surface area contributed by atoms with E-state index in [2.05, 4.69) is 15.4 Å². The maximum absolute atomic E-state index is 10.5. The number of hydrogen-bond acceptors (Lipinski definition) is 3. The van der Waals surface area contributed by atoms with Crippen molar-refractivity contribution in [3.63, 3.8) is 0 Å². The summed E-state index contributed by atoms with van der Waals surface area (Å²) >= 11 is 0. The quantitative estimate of drug-likeness (QED) is 0.479. The number of aliphatic hydroxyl groups excluding tert-OH is 1. The van der Waals surface area contributed by atoms with Crippen LogP contribution in [0.5, 0.6) is 0 Å². The van der Waals surface area contributed by atoms with E-state index in [1.807, 2.05) is 97.5 Å². The van der Waals surface area contributed by atoms with Crippen molar-refractivity contribution in [2.75, 3.05) is 20.1 Å². The summed E-state index contributed by atoms with van der Waals surface area (Å²) in [4.78, 5) is 6.67. The Balaban J connectivity index is 1.66. The lowest BCUT2D eigenvalue weighted by Crippen LogP contribution is -2.38. The second-order valence-corrected chi connectivity index (χ2v) is 7.11. The van der Waals surface area contributed by atoms with Crippen LogP contribution in [0.4, 0.5) is 0 Å². The van der Waals surface area contributed by atoms with Crippen LogP contribution in [0.25, 0.3) is 5.69 Å². The van der Waals surface area contributed by atoms with E-state index in [1.165, 1.54) is 5.56 Å². The zero-order valence-electron chi connectivity index (χ0n) is 17.3. The van der Waals surface area contributed by atoms with Crippen LogP contribution < -0.4 is 5.32 Å². The number of aliphatic hydroxyl groups is 1. The van der Waals surface area contributed by atoms with E-state index in [-0.39, 0.29) is 0 Å². The second-order valence-electron chi connectivity index (χ2n) is 7.11. The van der Waals surface area contributed by atoms with Gasteiger partial charge in [0.1, 0.15) is 0 Å². The van der Waals surface area contributed by atoms with E-state index in [0.717, 1.165) is 29.3 Å². The van der Waals surface area contributed by atoms with Gasteiger partial charge in [0.25, 0.3) is 0 Å². The third-order valence-corrected chi connectivity index (χ3v) is 4.65. The number of aryl methyl sites for hydroxylation is 1. The standard InChI is InChI=1S/C23H29N5O/c1-4-24-23(25-15-22(29)20-12-10-18(2)11-13-20)27(3)16-19-14-26-28(17-19)21-8-6-5-7-9-21/h5-14,17,22,29H,4,15-16H2,1-3H3,(H,24,25). The lowest BCUT2D eigenvalue weighted by molar-refractivity contribution is 0.186. The Labute approximate surface area is 172 Å². The van der Waals surface area contributed by atoms with Crippen LogP contribution in [0, 0.1) is 6.92 Å². The molecule has 0 fully saturated rings. The fraction of sp³-hybridized carbons (Fsp3) is 0.304. The number of nitrogens with one attached hydrogen (secondary N) is 1. The Morgan fingerprint density at radius 1 is 1.17 bits per heavy atom. The van der Waals surface area contributed by atoms with Gasteiger partial charge in [-0.1, -0.05) is 48.0 Å². The van der Waals surface area contributed by atoms with Gasteiger partial charge in [-0.15, -0.1) is 0 Å². The van der Waals surface area contributed by atoms with E-state index >= 15 is 0 Å². The van der Waals surface area contributed by atoms with Crippen molar-refractivity contribution < 1.29 is 5.11 Å². The van der Waals surface area contributed by atoms with Crippen LogP contribution in [0.2, 0.25) is 0 Å². The Bertz CT molecular complexity index is 918. The van der Waals surface area contributed by atoms with Gasteiger partial charge < -0.3 is 15.3 Å². The van der Waals surface area contributed by atoms with Crippen LogP contribution in [-0.4, -0.2) is 45.9 Å². The number of aromatic nitrogens is 2. The smallest absolute Gasteiger partial charge is 0.194 e. The van der Waals surface area contributed by atoms with Crippen molar-refractivity contribution in [1.82, 2.24) is 20.0 Å². The van der Waals surface area contributed by atoms with E-state index in [1.54, 1.807) is 0 Å². The van der Waals surface area contributed by atoms with Crippen LogP contribution in [-0.2, 0) is 6.54 Å². The number of aliphatic imine (C=N–C) groups is 1. The Morgan fingerprint density at radius 3 is 2.59 bits per heavy atom. The van der Waals surface area contributed by atoms with Crippen LogP contribution in [0.1, 0.15) is 29.7 Å². The molecule has 29 heavy (non-hydrogen) atoms. The van der Waals surface area contributed by atoms with Crippen molar-refractivity contribution in [3.8, 4) is 5.69 Å². The summed E-state index contributed by atoms with van der Waals surface area (Å²) in [6.45, 7) is 5.80. The fourth-order valence-corrected chi connectivity index (χ4v) is 3.05. The zero-order valence-corrected chi connectivity index (χ0v) is 17.3. The molecule has 2 N–H and O–H groups in total. The molecule has 6 heteroatoms. The molecule has 0 saturated carbocycles. The van der Waals surface area contributed by atoms with Gasteiger partial charge in [0.15, 0.2) is 5.96 Å². The van der Waals surface area contributed by atoms with Gasteiger partial charge in [-0.2, -0.15) is 5.10 Å². The average molecular weight is 392 g/mol. The van der Waals surface area contributed by atoms with Crippen molar-refractivity contribution in [2.24, 2.45) is 4.99 Å². The van der Waals surface area contributed by atoms with Crippen molar-refractivity contribution in [2.45, 2.75) is 26.5 Å². The van der Waals surface area contributed by atoms with Gasteiger partial charge in [-0.3, -0.25) is 4.99 Å². The van der Waals surface area contributed by atoms with Gasteiger partial charge >= 0.3 is 0 Å². The van der Waals surface area contributed by atoms with Gasteiger partial charge in [-0.05, 0) is 31.5 Å². The highest BCUT2D eigenvalue weighted by atomic mass is 16.3. The third kappa shape index (κ3) is 5.68. The molecule has 0 bridgehead atoms. The summed E-state index contributed by atoms with van der Waals surface area (Å²) in [5, 5.41) is 18.2. The monoisotopic (exact) mass is 391 g/mol. The highest BCUT2D eigenvalue weighted by molar-refractivity contribution is 5.79. The molecule has 1 atom stereocenters. The van der Waals surface area contributed by atoms with Crippen molar-refractivity contribution in [3.05, 3.63) is 83.7 Å². The van der Waals surface area contributed by atoms with E-state index < -0.39 is 6.10 Å². The van der Waals surface area contributed by atoms with Gasteiger partial charge in [0.05, 0.1) is 24.5 Å². The number of benzene rings is 2. The Kier molecular flexibility index (Phi) is 7.03. The maximum atomic E-state index is 10.5. The van der Waals surface area contributed by atoms with Gasteiger partial charge in [0.2, 0.25) is 0 Å². The highest BCUT2D eigenvalue weighted by Crippen LogP contribution is 2.14. The molecule has 0 spiro atoms. The number of rotatable bonds is 7. The number of guanidine groups is 1. The van der Waals surface area contributed by atoms with Crippen LogP contribution in [0.15, 0.2) is 72.0 Å². The molecule has 0 radical (unpaired) electrons. The number of hydrogen-bond donors (Lipinski definition) is 2. The summed E-state index contributed by atoms with van der Waals surface area (Å²) < 4.78 is 1.87. The molecule has 0 aliphatic heterocycles. The topological polar surface area (TPSA) is 65.7 Å². The number of nitrogens with zero attached hydrogens (tertiary/aromatic N) is 4. The number of para-hydroxylation sites is 1. The first-order valence-electron chi connectivity index (χ1n) is 9.90. The first-order valence-corrected chi connectivity index (χ1v) is 9.90. The molecule has 0 aliphatic rings. The first-order chi connectivity index (χ1) is 14.1. The zero-order chi connectivity index (χ0) is 20.6. The molecule has 2 aromatic carbocycles. The molecule has 0 saturated heterocycles. The fourth-order valence-electron chi connectivity index (χ4n) is 3.05. The molecule has 3 rings (SSSR count). The minimum Gasteiger partial charge on any atom is -0.386 e. The summed E-state index contributed by atoms with van der Waals surface area (Å²) in [6, 6.07) is 17.9. The second kappa shape index (κ2) is 9.89. The SMILES string of the molecule is CCNC(=NCC(O)c1ccc(C)cc1)N(C)Cc1cnn(-c2ccccc2)c1. The summed E-state index contributed by atoms with van der Waals surface area (Å²) in [5.41, 5.74) is 4.17. The normalized spacial score (nSPS) is 12.6.